The van der Waals surface area contributed by atoms with Gasteiger partial charge >= 0.3 is 0 Å². The molecule has 4 nitrogen and oxygen atoms in total. The number of rotatable bonds is 5. The summed E-state index contributed by atoms with van der Waals surface area (Å²) in [6, 6.07) is 3.52. The van der Waals surface area contributed by atoms with E-state index in [2.05, 4.69) is 16.5 Å². The molecule has 1 fully saturated rings. The second-order valence-electron chi connectivity index (χ2n) is 4.76. The molecule has 1 aliphatic rings. The van der Waals surface area contributed by atoms with Crippen LogP contribution in [-0.4, -0.2) is 39.5 Å². The highest BCUT2D eigenvalue weighted by atomic mass is 32.2. The molecule has 1 aromatic rings. The van der Waals surface area contributed by atoms with Crippen molar-refractivity contribution in [2.75, 3.05) is 26.2 Å². The molecular weight excluding hydrogens is 268 g/mol. The van der Waals surface area contributed by atoms with E-state index >= 15 is 0 Å². The number of thiophene rings is 1. The molecule has 0 bridgehead atoms. The Hall–Kier alpha value is -0.430. The summed E-state index contributed by atoms with van der Waals surface area (Å²) in [6.07, 6.45) is 1.08. The van der Waals surface area contributed by atoms with Crippen LogP contribution in [0.2, 0.25) is 0 Å². The van der Waals surface area contributed by atoms with Crippen LogP contribution in [0.1, 0.15) is 18.2 Å². The van der Waals surface area contributed by atoms with E-state index in [1.54, 1.807) is 6.07 Å². The van der Waals surface area contributed by atoms with Crippen LogP contribution >= 0.6 is 11.3 Å². The van der Waals surface area contributed by atoms with Gasteiger partial charge in [-0.2, -0.15) is 0 Å². The first-order chi connectivity index (χ1) is 8.51. The van der Waals surface area contributed by atoms with Gasteiger partial charge in [0.2, 0.25) is 10.0 Å². The molecule has 18 heavy (non-hydrogen) atoms. The minimum atomic E-state index is -3.30. The van der Waals surface area contributed by atoms with Gasteiger partial charge in [-0.1, -0.05) is 6.92 Å². The zero-order valence-corrected chi connectivity index (χ0v) is 12.5. The third-order valence-electron chi connectivity index (χ3n) is 3.36. The lowest BCUT2D eigenvalue weighted by Gasteiger charge is -2.13. The van der Waals surface area contributed by atoms with E-state index in [0.717, 1.165) is 30.9 Å². The van der Waals surface area contributed by atoms with Crippen LogP contribution < -0.4 is 4.72 Å². The molecule has 1 atom stereocenters. The van der Waals surface area contributed by atoms with Gasteiger partial charge in [-0.3, -0.25) is 0 Å². The molecule has 102 valence electrons. The highest BCUT2D eigenvalue weighted by Crippen LogP contribution is 2.21. The quantitative estimate of drug-likeness (QED) is 0.897. The van der Waals surface area contributed by atoms with Crippen molar-refractivity contribution >= 4 is 21.4 Å². The summed E-state index contributed by atoms with van der Waals surface area (Å²) in [4.78, 5) is 3.38. The normalized spacial score (nSPS) is 21.6. The third kappa shape index (κ3) is 3.32. The summed E-state index contributed by atoms with van der Waals surface area (Å²) >= 11 is 1.32. The van der Waals surface area contributed by atoms with Gasteiger partial charge in [0, 0.05) is 18.0 Å². The molecule has 1 saturated heterocycles. The summed E-state index contributed by atoms with van der Waals surface area (Å²) in [5, 5.41) is 0. The van der Waals surface area contributed by atoms with Crippen LogP contribution in [0.5, 0.6) is 0 Å². The average Bonchev–Trinajstić information content (AvgIpc) is 2.95. The fraction of sp³-hybridized carbons (Fsp3) is 0.667. The van der Waals surface area contributed by atoms with Gasteiger partial charge < -0.3 is 4.90 Å². The van der Waals surface area contributed by atoms with E-state index < -0.39 is 10.0 Å². The van der Waals surface area contributed by atoms with Gasteiger partial charge in [-0.25, -0.2) is 13.1 Å². The lowest BCUT2D eigenvalue weighted by atomic mass is 10.1. The van der Waals surface area contributed by atoms with Crippen molar-refractivity contribution < 1.29 is 8.42 Å². The summed E-state index contributed by atoms with van der Waals surface area (Å²) in [7, 11) is -3.30. The predicted octanol–water partition coefficient (Wildman–Crippen LogP) is 1.68. The van der Waals surface area contributed by atoms with Gasteiger partial charge in [-0.05, 0) is 44.5 Å². The van der Waals surface area contributed by atoms with E-state index in [4.69, 9.17) is 0 Å². The molecule has 0 unspecified atom stereocenters. The van der Waals surface area contributed by atoms with Crippen molar-refractivity contribution in [3.05, 3.63) is 17.0 Å². The molecule has 0 amide bonds. The second-order valence-corrected chi connectivity index (χ2v) is 8.05. The maximum absolute atomic E-state index is 12.0. The molecule has 0 aromatic carbocycles. The van der Waals surface area contributed by atoms with E-state index in [1.165, 1.54) is 11.3 Å². The molecule has 0 radical (unpaired) electrons. The first-order valence-electron chi connectivity index (χ1n) is 6.29. The maximum Gasteiger partial charge on any atom is 0.250 e. The summed E-state index contributed by atoms with van der Waals surface area (Å²) < 4.78 is 27.2. The standard InChI is InChI=1S/C12H20N2O2S2/c1-3-14-7-6-11(9-14)8-13-18(15,16)12-5-4-10(2)17-12/h4-5,11,13H,3,6-9H2,1-2H3/t11-/m0/s1. The van der Waals surface area contributed by atoms with Crippen LogP contribution in [0.3, 0.4) is 0 Å². The Balaban J connectivity index is 1.90. The number of sulfonamides is 1. The van der Waals surface area contributed by atoms with E-state index in [1.807, 2.05) is 13.0 Å². The molecule has 2 rings (SSSR count). The fourth-order valence-corrected chi connectivity index (χ4v) is 4.67. The number of nitrogens with one attached hydrogen (secondary N) is 1. The van der Waals surface area contributed by atoms with Crippen molar-refractivity contribution in [3.8, 4) is 0 Å². The lowest BCUT2D eigenvalue weighted by molar-refractivity contribution is 0.342. The van der Waals surface area contributed by atoms with Gasteiger partial charge in [0.25, 0.3) is 0 Å². The number of nitrogens with zero attached hydrogens (tertiary/aromatic N) is 1. The first-order valence-corrected chi connectivity index (χ1v) is 8.59. The minimum absolute atomic E-state index is 0.422. The Morgan fingerprint density at radius 2 is 2.28 bits per heavy atom. The molecule has 1 aromatic heterocycles. The van der Waals surface area contributed by atoms with Crippen LogP contribution in [-0.2, 0) is 10.0 Å². The second kappa shape index (κ2) is 5.69. The summed E-state index contributed by atoms with van der Waals surface area (Å²) in [6.45, 7) is 7.74. The molecular formula is C12H20N2O2S2. The summed E-state index contributed by atoms with van der Waals surface area (Å²) in [5.74, 6) is 0.445. The Kier molecular flexibility index (Phi) is 4.42. The molecule has 0 aliphatic carbocycles. The van der Waals surface area contributed by atoms with Crippen molar-refractivity contribution in [3.63, 3.8) is 0 Å². The van der Waals surface area contributed by atoms with Gasteiger partial charge in [0.15, 0.2) is 0 Å². The molecule has 0 spiro atoms. The predicted molar refractivity (Wildman–Crippen MR) is 74.5 cm³/mol. The largest absolute Gasteiger partial charge is 0.303 e. The summed E-state index contributed by atoms with van der Waals surface area (Å²) in [5.41, 5.74) is 0. The molecule has 0 saturated carbocycles. The molecule has 6 heteroatoms. The SMILES string of the molecule is CCN1CC[C@@H](CNS(=O)(=O)c2ccc(C)s2)C1. The lowest BCUT2D eigenvalue weighted by Crippen LogP contribution is -2.30. The van der Waals surface area contributed by atoms with Crippen LogP contribution in [0.4, 0.5) is 0 Å². The van der Waals surface area contributed by atoms with Gasteiger partial charge in [0.1, 0.15) is 4.21 Å². The van der Waals surface area contributed by atoms with Crippen molar-refractivity contribution in [1.82, 2.24) is 9.62 Å². The fourth-order valence-electron chi connectivity index (χ4n) is 2.22. The third-order valence-corrected chi connectivity index (χ3v) is 6.28. The highest BCUT2D eigenvalue weighted by molar-refractivity contribution is 7.91. The number of aryl methyl sites for hydroxylation is 1. The van der Waals surface area contributed by atoms with Crippen LogP contribution in [0.15, 0.2) is 16.3 Å². The Bertz CT molecular complexity index is 496. The zero-order valence-electron chi connectivity index (χ0n) is 10.8. The van der Waals surface area contributed by atoms with Crippen molar-refractivity contribution in [1.29, 1.82) is 0 Å². The number of likely N-dealkylation sites (tertiary alicyclic amines) is 1. The average molecular weight is 288 g/mol. The first kappa shape index (κ1) is 14.0. The van der Waals surface area contributed by atoms with Crippen LogP contribution in [0.25, 0.3) is 0 Å². The Labute approximate surface area is 113 Å². The van der Waals surface area contributed by atoms with Gasteiger partial charge in [-0.15, -0.1) is 11.3 Å². The molecule has 1 aliphatic heterocycles. The van der Waals surface area contributed by atoms with Crippen LogP contribution in [0, 0.1) is 12.8 Å². The van der Waals surface area contributed by atoms with E-state index in [0.29, 0.717) is 16.7 Å². The monoisotopic (exact) mass is 288 g/mol. The smallest absolute Gasteiger partial charge is 0.250 e. The van der Waals surface area contributed by atoms with Crippen molar-refractivity contribution in [2.24, 2.45) is 5.92 Å². The van der Waals surface area contributed by atoms with E-state index in [-0.39, 0.29) is 0 Å². The molecule has 1 N–H and O–H groups in total. The maximum atomic E-state index is 12.0. The topological polar surface area (TPSA) is 49.4 Å². The Morgan fingerprint density at radius 1 is 1.50 bits per heavy atom. The number of hydrogen-bond acceptors (Lipinski definition) is 4. The number of hydrogen-bond donors (Lipinski definition) is 1. The van der Waals surface area contributed by atoms with Gasteiger partial charge in [0.05, 0.1) is 0 Å². The van der Waals surface area contributed by atoms with Crippen molar-refractivity contribution in [2.45, 2.75) is 24.5 Å². The highest BCUT2D eigenvalue weighted by Gasteiger charge is 2.23. The zero-order chi connectivity index (χ0) is 13.2. The van der Waals surface area contributed by atoms with E-state index in [9.17, 15) is 8.42 Å². The minimum Gasteiger partial charge on any atom is -0.303 e. The molecule has 2 heterocycles. The Morgan fingerprint density at radius 3 is 2.83 bits per heavy atom.